The van der Waals surface area contributed by atoms with Gasteiger partial charge in [-0.2, -0.15) is 5.10 Å². The normalized spacial score (nSPS) is 13.6. The quantitative estimate of drug-likeness (QED) is 0.674. The van der Waals surface area contributed by atoms with E-state index in [0.717, 1.165) is 22.9 Å². The molecule has 6 nitrogen and oxygen atoms in total. The Morgan fingerprint density at radius 2 is 1.96 bits per heavy atom. The molecule has 0 fully saturated rings. The standard InChI is InChI=1S/C18H16N4O2/c23-17(20-15-6-5-13-10-19-21-16(13)9-15)18(24)22-8-7-12-3-1-2-4-14(12)11-22/h1-6,9-10H,7-8,11H2,(H,19,21)(H,20,23). The fourth-order valence-corrected chi connectivity index (χ4v) is 3.01. The van der Waals surface area contributed by atoms with E-state index in [9.17, 15) is 9.59 Å². The first kappa shape index (κ1) is 14.4. The van der Waals surface area contributed by atoms with Crippen LogP contribution < -0.4 is 5.32 Å². The van der Waals surface area contributed by atoms with E-state index < -0.39 is 11.8 Å². The van der Waals surface area contributed by atoms with Gasteiger partial charge in [0, 0.05) is 24.2 Å². The van der Waals surface area contributed by atoms with E-state index in [1.807, 2.05) is 24.3 Å². The molecule has 0 saturated carbocycles. The second-order valence-corrected chi connectivity index (χ2v) is 5.87. The summed E-state index contributed by atoms with van der Waals surface area (Å²) in [6.07, 6.45) is 2.48. The van der Waals surface area contributed by atoms with Crippen LogP contribution in [-0.4, -0.2) is 33.5 Å². The first-order chi connectivity index (χ1) is 11.7. The number of aromatic amines is 1. The summed E-state index contributed by atoms with van der Waals surface area (Å²) in [4.78, 5) is 26.3. The summed E-state index contributed by atoms with van der Waals surface area (Å²) >= 11 is 0. The predicted molar refractivity (Wildman–Crippen MR) is 90.3 cm³/mol. The molecule has 120 valence electrons. The van der Waals surface area contributed by atoms with Crippen LogP contribution in [-0.2, 0) is 22.6 Å². The summed E-state index contributed by atoms with van der Waals surface area (Å²) in [5.41, 5.74) is 3.73. The number of amides is 2. The highest BCUT2D eigenvalue weighted by atomic mass is 16.2. The third-order valence-electron chi connectivity index (χ3n) is 4.31. The SMILES string of the molecule is O=C(Nc1ccc2cn[nH]c2c1)C(=O)N1CCc2ccccc2C1. The number of carbonyl (C=O) groups is 2. The van der Waals surface area contributed by atoms with Crippen molar-refractivity contribution in [2.45, 2.75) is 13.0 Å². The largest absolute Gasteiger partial charge is 0.330 e. The van der Waals surface area contributed by atoms with Crippen LogP contribution in [0.3, 0.4) is 0 Å². The molecule has 1 aliphatic heterocycles. The molecule has 6 heteroatoms. The molecule has 0 radical (unpaired) electrons. The number of hydrogen-bond acceptors (Lipinski definition) is 3. The maximum Gasteiger partial charge on any atom is 0.313 e. The van der Waals surface area contributed by atoms with Gasteiger partial charge >= 0.3 is 11.8 Å². The van der Waals surface area contributed by atoms with Gasteiger partial charge in [0.05, 0.1) is 11.7 Å². The zero-order valence-corrected chi connectivity index (χ0v) is 13.0. The molecule has 0 spiro atoms. The molecule has 0 saturated heterocycles. The van der Waals surface area contributed by atoms with E-state index in [-0.39, 0.29) is 0 Å². The van der Waals surface area contributed by atoms with Crippen LogP contribution in [0.15, 0.2) is 48.7 Å². The van der Waals surface area contributed by atoms with Crippen LogP contribution in [0.1, 0.15) is 11.1 Å². The molecule has 0 unspecified atom stereocenters. The van der Waals surface area contributed by atoms with Gasteiger partial charge in [0.15, 0.2) is 0 Å². The zero-order valence-electron chi connectivity index (χ0n) is 13.0. The fraction of sp³-hybridized carbons (Fsp3) is 0.167. The minimum atomic E-state index is -0.617. The maximum atomic E-state index is 12.4. The van der Waals surface area contributed by atoms with Gasteiger partial charge in [-0.3, -0.25) is 14.7 Å². The topological polar surface area (TPSA) is 78.1 Å². The highest BCUT2D eigenvalue weighted by Gasteiger charge is 2.25. The molecule has 1 aliphatic rings. The third kappa shape index (κ3) is 2.62. The van der Waals surface area contributed by atoms with Crippen molar-refractivity contribution in [3.05, 3.63) is 59.8 Å². The van der Waals surface area contributed by atoms with Gasteiger partial charge in [-0.1, -0.05) is 24.3 Å². The molecule has 2 N–H and O–H groups in total. The van der Waals surface area contributed by atoms with Crippen LogP contribution in [0.25, 0.3) is 10.9 Å². The lowest BCUT2D eigenvalue weighted by atomic mass is 10.00. The smallest absolute Gasteiger partial charge is 0.313 e. The summed E-state index contributed by atoms with van der Waals surface area (Å²) in [6, 6.07) is 13.4. The molecule has 0 bridgehead atoms. The van der Waals surface area contributed by atoms with E-state index in [1.54, 1.807) is 23.2 Å². The number of nitrogens with zero attached hydrogens (tertiary/aromatic N) is 2. The Morgan fingerprint density at radius 1 is 1.12 bits per heavy atom. The summed E-state index contributed by atoms with van der Waals surface area (Å²) in [7, 11) is 0. The minimum Gasteiger partial charge on any atom is -0.330 e. The van der Waals surface area contributed by atoms with E-state index in [4.69, 9.17) is 0 Å². The number of rotatable bonds is 1. The van der Waals surface area contributed by atoms with Gasteiger partial charge in [0.2, 0.25) is 0 Å². The lowest BCUT2D eigenvalue weighted by Gasteiger charge is -2.28. The number of aromatic nitrogens is 2. The summed E-state index contributed by atoms with van der Waals surface area (Å²) in [5, 5.41) is 10.4. The van der Waals surface area contributed by atoms with Gasteiger partial charge < -0.3 is 10.2 Å². The Bertz CT molecular complexity index is 931. The average molecular weight is 320 g/mol. The van der Waals surface area contributed by atoms with Gasteiger partial charge in [0.1, 0.15) is 0 Å². The van der Waals surface area contributed by atoms with Crippen molar-refractivity contribution in [1.82, 2.24) is 15.1 Å². The number of H-pyrrole nitrogens is 1. The molecular weight excluding hydrogens is 304 g/mol. The first-order valence-electron chi connectivity index (χ1n) is 7.81. The molecule has 2 aromatic carbocycles. The van der Waals surface area contributed by atoms with Crippen LogP contribution in [0.5, 0.6) is 0 Å². The van der Waals surface area contributed by atoms with E-state index in [2.05, 4.69) is 21.6 Å². The number of anilines is 1. The van der Waals surface area contributed by atoms with Crippen LogP contribution in [0.2, 0.25) is 0 Å². The minimum absolute atomic E-state index is 0.474. The van der Waals surface area contributed by atoms with Crippen LogP contribution >= 0.6 is 0 Å². The molecule has 0 atom stereocenters. The van der Waals surface area contributed by atoms with Crippen molar-refractivity contribution < 1.29 is 9.59 Å². The molecule has 4 rings (SSSR count). The van der Waals surface area contributed by atoms with Crippen molar-refractivity contribution >= 4 is 28.4 Å². The fourth-order valence-electron chi connectivity index (χ4n) is 3.01. The van der Waals surface area contributed by atoms with Crippen LogP contribution in [0.4, 0.5) is 5.69 Å². The Kier molecular flexibility index (Phi) is 3.49. The van der Waals surface area contributed by atoms with Gasteiger partial charge in [-0.25, -0.2) is 0 Å². The Morgan fingerprint density at radius 3 is 2.83 bits per heavy atom. The zero-order chi connectivity index (χ0) is 16.5. The Balaban J connectivity index is 1.47. The summed E-state index contributed by atoms with van der Waals surface area (Å²) < 4.78 is 0. The molecule has 2 heterocycles. The molecule has 1 aromatic heterocycles. The maximum absolute atomic E-state index is 12.4. The average Bonchev–Trinajstić information content (AvgIpc) is 3.08. The second-order valence-electron chi connectivity index (χ2n) is 5.87. The number of hydrogen-bond donors (Lipinski definition) is 2. The summed E-state index contributed by atoms with van der Waals surface area (Å²) in [6.45, 7) is 1.03. The van der Waals surface area contributed by atoms with Crippen molar-refractivity contribution in [3.63, 3.8) is 0 Å². The molecular formula is C18H16N4O2. The van der Waals surface area contributed by atoms with Crippen LogP contribution in [0, 0.1) is 0 Å². The Hall–Kier alpha value is -3.15. The number of nitrogens with one attached hydrogen (secondary N) is 2. The monoisotopic (exact) mass is 320 g/mol. The summed E-state index contributed by atoms with van der Waals surface area (Å²) in [5.74, 6) is -1.12. The van der Waals surface area contributed by atoms with Crippen molar-refractivity contribution in [3.8, 4) is 0 Å². The first-order valence-corrected chi connectivity index (χ1v) is 7.81. The number of fused-ring (bicyclic) bond motifs is 2. The van der Waals surface area contributed by atoms with Crippen molar-refractivity contribution in [2.75, 3.05) is 11.9 Å². The lowest BCUT2D eigenvalue weighted by Crippen LogP contribution is -2.42. The second kappa shape index (κ2) is 5.81. The highest BCUT2D eigenvalue weighted by Crippen LogP contribution is 2.20. The number of benzene rings is 2. The van der Waals surface area contributed by atoms with Gasteiger partial charge in [-0.15, -0.1) is 0 Å². The Labute approximate surface area is 138 Å². The molecule has 2 amide bonds. The van der Waals surface area contributed by atoms with Crippen molar-refractivity contribution in [1.29, 1.82) is 0 Å². The predicted octanol–water partition coefficient (Wildman–Crippen LogP) is 2.09. The molecule has 24 heavy (non-hydrogen) atoms. The van der Waals surface area contributed by atoms with Gasteiger partial charge in [0.25, 0.3) is 0 Å². The highest BCUT2D eigenvalue weighted by molar-refractivity contribution is 6.39. The molecule has 0 aliphatic carbocycles. The number of carbonyl (C=O) groups excluding carboxylic acids is 2. The lowest BCUT2D eigenvalue weighted by molar-refractivity contribution is -0.143. The third-order valence-corrected chi connectivity index (χ3v) is 4.31. The van der Waals surface area contributed by atoms with E-state index in [1.165, 1.54) is 5.56 Å². The van der Waals surface area contributed by atoms with E-state index in [0.29, 0.717) is 18.8 Å². The van der Waals surface area contributed by atoms with Crippen molar-refractivity contribution in [2.24, 2.45) is 0 Å². The van der Waals surface area contributed by atoms with E-state index >= 15 is 0 Å². The molecule has 3 aromatic rings. The van der Waals surface area contributed by atoms with Gasteiger partial charge in [-0.05, 0) is 35.7 Å².